The molecule has 1 aromatic heterocycles. The maximum atomic E-state index is 11.2. The van der Waals surface area contributed by atoms with Gasteiger partial charge in [0.15, 0.2) is 24.1 Å². The molecule has 0 amide bonds. The minimum atomic E-state index is 0.381. The molecule has 0 bridgehead atoms. The second-order valence-electron chi connectivity index (χ2n) is 4.00. The molecular weight excluding hydrogens is 264 g/mol. The Morgan fingerprint density at radius 1 is 1.11 bits per heavy atom. The van der Waals surface area contributed by atoms with Crippen molar-refractivity contribution in [2.24, 2.45) is 0 Å². The number of carbonyl (C=O) groups excluding carboxylic acids is 2. The molecule has 0 N–H and O–H groups in total. The topological polar surface area (TPSA) is 52.6 Å². The van der Waals surface area contributed by atoms with Crippen LogP contribution in [0.5, 0.6) is 11.5 Å². The van der Waals surface area contributed by atoms with E-state index in [4.69, 9.17) is 9.47 Å². The van der Waals surface area contributed by atoms with Crippen molar-refractivity contribution in [2.45, 2.75) is 0 Å². The van der Waals surface area contributed by atoms with Gasteiger partial charge in [-0.2, -0.15) is 0 Å². The van der Waals surface area contributed by atoms with Gasteiger partial charge in [0.25, 0.3) is 0 Å². The molecule has 2 heterocycles. The molecule has 0 aliphatic carbocycles. The maximum absolute atomic E-state index is 11.2. The monoisotopic (exact) mass is 274 g/mol. The Hall–Kier alpha value is -2.14. The van der Waals surface area contributed by atoms with Gasteiger partial charge in [0.2, 0.25) is 0 Å². The van der Waals surface area contributed by atoms with Crippen LogP contribution in [-0.4, -0.2) is 25.8 Å². The first-order chi connectivity index (χ1) is 9.35. The van der Waals surface area contributed by atoms with E-state index in [9.17, 15) is 9.59 Å². The van der Waals surface area contributed by atoms with Crippen LogP contribution in [0.15, 0.2) is 23.6 Å². The molecule has 0 spiro atoms. The Bertz CT molecular complexity index is 645. The number of aldehydes is 2. The van der Waals surface area contributed by atoms with Crippen molar-refractivity contribution < 1.29 is 19.1 Å². The molecule has 1 aliphatic rings. The van der Waals surface area contributed by atoms with Gasteiger partial charge in [-0.15, -0.1) is 11.3 Å². The molecule has 1 aromatic carbocycles. The van der Waals surface area contributed by atoms with Crippen molar-refractivity contribution in [1.29, 1.82) is 0 Å². The van der Waals surface area contributed by atoms with E-state index >= 15 is 0 Å². The maximum Gasteiger partial charge on any atom is 0.179 e. The molecule has 0 unspecified atom stereocenters. The van der Waals surface area contributed by atoms with E-state index in [2.05, 4.69) is 0 Å². The van der Waals surface area contributed by atoms with Gasteiger partial charge in [0.1, 0.15) is 13.2 Å². The summed E-state index contributed by atoms with van der Waals surface area (Å²) in [7, 11) is 0. The zero-order chi connectivity index (χ0) is 13.2. The zero-order valence-corrected chi connectivity index (χ0v) is 10.7. The first-order valence-electron chi connectivity index (χ1n) is 5.76. The minimum Gasteiger partial charge on any atom is -0.485 e. The van der Waals surface area contributed by atoms with Crippen molar-refractivity contribution in [1.82, 2.24) is 0 Å². The Morgan fingerprint density at radius 3 is 2.74 bits per heavy atom. The van der Waals surface area contributed by atoms with Crippen LogP contribution in [-0.2, 0) is 0 Å². The highest BCUT2D eigenvalue weighted by molar-refractivity contribution is 7.14. The molecule has 0 saturated carbocycles. The molecule has 3 rings (SSSR count). The SMILES string of the molecule is O=Cc1cccc(-c2scc3c2OCCO3)c1C=O. The fourth-order valence-electron chi connectivity index (χ4n) is 2.06. The standard InChI is InChI=1S/C14H10O4S/c15-6-9-2-1-3-10(11(9)7-16)14-13-12(8-19-14)17-4-5-18-13/h1-3,6-8H,4-5H2. The van der Waals surface area contributed by atoms with Crippen LogP contribution in [0, 0.1) is 0 Å². The number of ether oxygens (including phenoxy) is 2. The second-order valence-corrected chi connectivity index (χ2v) is 4.88. The zero-order valence-electron chi connectivity index (χ0n) is 9.92. The summed E-state index contributed by atoms with van der Waals surface area (Å²) in [6, 6.07) is 5.18. The molecule has 0 saturated heterocycles. The molecule has 0 fully saturated rings. The Kier molecular flexibility index (Phi) is 3.05. The Morgan fingerprint density at radius 2 is 1.95 bits per heavy atom. The van der Waals surface area contributed by atoms with E-state index in [1.165, 1.54) is 11.3 Å². The van der Waals surface area contributed by atoms with Gasteiger partial charge in [0.05, 0.1) is 4.88 Å². The molecular formula is C14H10O4S. The number of thiophene rings is 1. The normalized spacial score (nSPS) is 13.1. The molecule has 0 radical (unpaired) electrons. The van der Waals surface area contributed by atoms with Crippen LogP contribution in [0.4, 0.5) is 0 Å². The van der Waals surface area contributed by atoms with Crippen LogP contribution in [0.1, 0.15) is 20.7 Å². The third kappa shape index (κ3) is 1.92. The fourth-order valence-corrected chi connectivity index (χ4v) is 3.04. The van der Waals surface area contributed by atoms with E-state index in [0.717, 1.165) is 4.88 Å². The molecule has 4 nitrogen and oxygen atoms in total. The van der Waals surface area contributed by atoms with E-state index in [0.29, 0.717) is 54.0 Å². The molecule has 2 aromatic rings. The van der Waals surface area contributed by atoms with Gasteiger partial charge in [0, 0.05) is 22.1 Å². The third-order valence-corrected chi connectivity index (χ3v) is 3.90. The summed E-state index contributed by atoms with van der Waals surface area (Å²) in [5, 5.41) is 1.85. The summed E-state index contributed by atoms with van der Waals surface area (Å²) in [6.45, 7) is 1.01. The summed E-state index contributed by atoms with van der Waals surface area (Å²) in [5.74, 6) is 1.35. The lowest BCUT2D eigenvalue weighted by atomic mass is 10.0. The largest absolute Gasteiger partial charge is 0.485 e. The van der Waals surface area contributed by atoms with Crippen molar-refractivity contribution in [3.63, 3.8) is 0 Å². The van der Waals surface area contributed by atoms with E-state index in [1.807, 2.05) is 5.38 Å². The summed E-state index contributed by atoms with van der Waals surface area (Å²) in [6.07, 6.45) is 1.39. The second kappa shape index (κ2) is 4.85. The third-order valence-electron chi connectivity index (χ3n) is 2.93. The number of benzene rings is 1. The van der Waals surface area contributed by atoms with Crippen LogP contribution < -0.4 is 9.47 Å². The van der Waals surface area contributed by atoms with Gasteiger partial charge < -0.3 is 9.47 Å². The van der Waals surface area contributed by atoms with Gasteiger partial charge in [-0.05, 0) is 0 Å². The minimum absolute atomic E-state index is 0.381. The average molecular weight is 274 g/mol. The Balaban J connectivity index is 2.19. The highest BCUT2D eigenvalue weighted by Crippen LogP contribution is 2.46. The smallest absolute Gasteiger partial charge is 0.179 e. The van der Waals surface area contributed by atoms with Crippen LogP contribution in [0.25, 0.3) is 10.4 Å². The first-order valence-corrected chi connectivity index (χ1v) is 6.64. The summed E-state index contributed by atoms with van der Waals surface area (Å²) < 4.78 is 11.1. The van der Waals surface area contributed by atoms with E-state index < -0.39 is 0 Å². The molecule has 0 atom stereocenters. The van der Waals surface area contributed by atoms with Gasteiger partial charge >= 0.3 is 0 Å². The quantitative estimate of drug-likeness (QED) is 0.808. The predicted octanol–water partition coefficient (Wildman–Crippen LogP) is 2.81. The number of hydrogen-bond acceptors (Lipinski definition) is 5. The number of fused-ring (bicyclic) bond motifs is 1. The fraction of sp³-hybridized carbons (Fsp3) is 0.143. The lowest BCUT2D eigenvalue weighted by Gasteiger charge is -2.16. The molecule has 19 heavy (non-hydrogen) atoms. The van der Waals surface area contributed by atoms with Crippen LogP contribution in [0.3, 0.4) is 0 Å². The number of hydrogen-bond donors (Lipinski definition) is 0. The average Bonchev–Trinajstić information content (AvgIpc) is 2.90. The summed E-state index contributed by atoms with van der Waals surface area (Å²) >= 11 is 1.44. The van der Waals surface area contributed by atoms with Crippen molar-refractivity contribution in [3.8, 4) is 21.9 Å². The lowest BCUT2D eigenvalue weighted by molar-refractivity contribution is 0.109. The van der Waals surface area contributed by atoms with Gasteiger partial charge in [-0.25, -0.2) is 0 Å². The molecule has 96 valence electrons. The Labute approximate surface area is 113 Å². The van der Waals surface area contributed by atoms with Crippen molar-refractivity contribution in [2.75, 3.05) is 13.2 Å². The van der Waals surface area contributed by atoms with E-state index in [-0.39, 0.29) is 0 Å². The molecule has 5 heteroatoms. The van der Waals surface area contributed by atoms with Gasteiger partial charge in [-0.1, -0.05) is 18.2 Å². The van der Waals surface area contributed by atoms with Gasteiger partial charge in [-0.3, -0.25) is 9.59 Å². The highest BCUT2D eigenvalue weighted by Gasteiger charge is 2.22. The van der Waals surface area contributed by atoms with Crippen molar-refractivity contribution in [3.05, 3.63) is 34.7 Å². The van der Waals surface area contributed by atoms with Crippen LogP contribution >= 0.6 is 11.3 Å². The highest BCUT2D eigenvalue weighted by atomic mass is 32.1. The number of rotatable bonds is 3. The first kappa shape index (κ1) is 11.9. The molecule has 1 aliphatic heterocycles. The number of carbonyl (C=O) groups is 2. The summed E-state index contributed by atoms with van der Waals surface area (Å²) in [4.78, 5) is 23.0. The van der Waals surface area contributed by atoms with Crippen LogP contribution in [0.2, 0.25) is 0 Å². The van der Waals surface area contributed by atoms with Crippen molar-refractivity contribution >= 4 is 23.9 Å². The predicted molar refractivity (Wildman–Crippen MR) is 71.5 cm³/mol. The lowest BCUT2D eigenvalue weighted by Crippen LogP contribution is -2.14. The van der Waals surface area contributed by atoms with E-state index in [1.54, 1.807) is 18.2 Å². The summed E-state index contributed by atoms with van der Waals surface area (Å²) in [5.41, 5.74) is 1.47.